The highest BCUT2D eigenvalue weighted by Gasteiger charge is 2.11. The highest BCUT2D eigenvalue weighted by molar-refractivity contribution is 5.60. The number of nitriles is 1. The van der Waals surface area contributed by atoms with E-state index in [1.54, 1.807) is 12.1 Å². The summed E-state index contributed by atoms with van der Waals surface area (Å²) in [7, 11) is 0. The summed E-state index contributed by atoms with van der Waals surface area (Å²) in [5.74, 6) is 0.508. The van der Waals surface area contributed by atoms with Crippen molar-refractivity contribution in [2.75, 3.05) is 11.9 Å². The van der Waals surface area contributed by atoms with Crippen molar-refractivity contribution in [3.05, 3.63) is 53.5 Å². The van der Waals surface area contributed by atoms with E-state index in [4.69, 9.17) is 9.68 Å². The molecule has 1 aromatic heterocycles. The third kappa shape index (κ3) is 2.53. The van der Waals surface area contributed by atoms with Crippen molar-refractivity contribution in [1.82, 2.24) is 0 Å². The summed E-state index contributed by atoms with van der Waals surface area (Å²) < 4.78 is 5.11. The molecule has 1 atom stereocenters. The molecule has 1 unspecified atom stereocenters. The third-order valence-corrected chi connectivity index (χ3v) is 2.74. The van der Waals surface area contributed by atoms with Gasteiger partial charge in [0.2, 0.25) is 0 Å². The molecule has 0 spiro atoms. The molecule has 2 rings (SSSR count). The summed E-state index contributed by atoms with van der Waals surface area (Å²) in [5.41, 5.74) is 2.24. The first-order valence-corrected chi connectivity index (χ1v) is 5.67. The molecule has 18 heavy (non-hydrogen) atoms. The van der Waals surface area contributed by atoms with Gasteiger partial charge in [-0.05, 0) is 30.7 Å². The molecule has 0 aliphatic heterocycles. The maximum atomic E-state index is 9.86. The minimum Gasteiger partial charge on any atom is -0.467 e. The first kappa shape index (κ1) is 12.2. The molecule has 0 saturated heterocycles. The number of hydrogen-bond donors (Lipinski definition) is 2. The van der Waals surface area contributed by atoms with E-state index in [1.165, 1.54) is 6.26 Å². The molecule has 0 aliphatic rings. The highest BCUT2D eigenvalue weighted by Crippen LogP contribution is 2.20. The lowest BCUT2D eigenvalue weighted by Crippen LogP contribution is -2.12. The van der Waals surface area contributed by atoms with Crippen LogP contribution in [0.3, 0.4) is 0 Å². The van der Waals surface area contributed by atoms with Crippen LogP contribution in [-0.2, 0) is 0 Å². The zero-order valence-electron chi connectivity index (χ0n) is 10.1. The van der Waals surface area contributed by atoms with Crippen molar-refractivity contribution in [2.24, 2.45) is 0 Å². The second kappa shape index (κ2) is 5.39. The summed E-state index contributed by atoms with van der Waals surface area (Å²) in [4.78, 5) is 0. The zero-order valence-corrected chi connectivity index (χ0v) is 10.1. The highest BCUT2D eigenvalue weighted by atomic mass is 16.4. The van der Waals surface area contributed by atoms with Gasteiger partial charge in [0.1, 0.15) is 17.9 Å². The van der Waals surface area contributed by atoms with E-state index >= 15 is 0 Å². The molecule has 0 fully saturated rings. The number of aliphatic hydroxyl groups is 1. The number of aryl methyl sites for hydroxylation is 1. The Hall–Kier alpha value is -2.25. The molecular weight excluding hydrogens is 228 g/mol. The van der Waals surface area contributed by atoms with Crippen molar-refractivity contribution >= 4 is 5.69 Å². The van der Waals surface area contributed by atoms with Gasteiger partial charge in [0.25, 0.3) is 0 Å². The second-order valence-electron chi connectivity index (χ2n) is 4.02. The first-order valence-electron chi connectivity index (χ1n) is 5.67. The van der Waals surface area contributed by atoms with Crippen molar-refractivity contribution in [3.63, 3.8) is 0 Å². The summed E-state index contributed by atoms with van der Waals surface area (Å²) in [6.07, 6.45) is 0.790. The fourth-order valence-electron chi connectivity index (χ4n) is 1.75. The first-order chi connectivity index (χ1) is 8.72. The molecule has 0 amide bonds. The predicted molar refractivity (Wildman–Crippen MR) is 68.1 cm³/mol. The lowest BCUT2D eigenvalue weighted by atomic mass is 10.1. The van der Waals surface area contributed by atoms with E-state index in [1.807, 2.05) is 25.1 Å². The van der Waals surface area contributed by atoms with Crippen molar-refractivity contribution in [2.45, 2.75) is 13.0 Å². The Bertz CT molecular complexity index is 556. The molecule has 2 aromatic rings. The van der Waals surface area contributed by atoms with E-state index in [0.29, 0.717) is 17.9 Å². The quantitative estimate of drug-likeness (QED) is 0.864. The fraction of sp³-hybridized carbons (Fsp3) is 0.214. The van der Waals surface area contributed by atoms with Gasteiger partial charge in [-0.15, -0.1) is 0 Å². The molecule has 2 N–H and O–H groups in total. The molecule has 0 aliphatic carbocycles. The number of anilines is 1. The molecule has 0 bridgehead atoms. The number of nitrogens with zero attached hydrogens (tertiary/aromatic N) is 1. The van der Waals surface area contributed by atoms with Crippen LogP contribution < -0.4 is 5.32 Å². The second-order valence-corrected chi connectivity index (χ2v) is 4.02. The number of hydrogen-bond acceptors (Lipinski definition) is 4. The van der Waals surface area contributed by atoms with Gasteiger partial charge in [-0.3, -0.25) is 0 Å². The Morgan fingerprint density at radius 2 is 2.22 bits per heavy atom. The Labute approximate surface area is 105 Å². The van der Waals surface area contributed by atoms with Crippen LogP contribution in [0.1, 0.15) is 23.0 Å². The van der Waals surface area contributed by atoms with Crippen molar-refractivity contribution in [1.29, 1.82) is 5.26 Å². The molecule has 92 valence electrons. The van der Waals surface area contributed by atoms with E-state index in [9.17, 15) is 5.11 Å². The van der Waals surface area contributed by atoms with Crippen LogP contribution in [0.2, 0.25) is 0 Å². The van der Waals surface area contributed by atoms with Gasteiger partial charge >= 0.3 is 0 Å². The standard InChI is InChI=1S/C14H14N2O2/c1-10-4-2-5-12(11(10)8-15)16-9-13(17)14-6-3-7-18-14/h2-7,13,16-17H,9H2,1H3. The van der Waals surface area contributed by atoms with Crippen LogP contribution in [0.5, 0.6) is 0 Å². The predicted octanol–water partition coefficient (Wildman–Crippen LogP) is 2.61. The zero-order chi connectivity index (χ0) is 13.0. The van der Waals surface area contributed by atoms with E-state index < -0.39 is 6.10 Å². The Morgan fingerprint density at radius 1 is 1.39 bits per heavy atom. The van der Waals surface area contributed by atoms with Crippen molar-refractivity contribution < 1.29 is 9.52 Å². The van der Waals surface area contributed by atoms with Crippen LogP contribution >= 0.6 is 0 Å². The average Bonchev–Trinajstić information content (AvgIpc) is 2.90. The summed E-state index contributed by atoms with van der Waals surface area (Å²) >= 11 is 0. The monoisotopic (exact) mass is 242 g/mol. The molecule has 0 radical (unpaired) electrons. The molecular formula is C14H14N2O2. The van der Waals surface area contributed by atoms with Crippen LogP contribution in [0, 0.1) is 18.3 Å². The van der Waals surface area contributed by atoms with Gasteiger partial charge in [-0.25, -0.2) is 0 Å². The van der Waals surface area contributed by atoms with Gasteiger partial charge in [-0.1, -0.05) is 12.1 Å². The van der Waals surface area contributed by atoms with Crippen LogP contribution in [-0.4, -0.2) is 11.7 Å². The Morgan fingerprint density at radius 3 is 2.89 bits per heavy atom. The van der Waals surface area contributed by atoms with Gasteiger partial charge < -0.3 is 14.8 Å². The lowest BCUT2D eigenvalue weighted by Gasteiger charge is -2.12. The van der Waals surface area contributed by atoms with Crippen molar-refractivity contribution in [3.8, 4) is 6.07 Å². The molecule has 1 aromatic carbocycles. The average molecular weight is 242 g/mol. The maximum absolute atomic E-state index is 9.86. The van der Waals surface area contributed by atoms with Crippen LogP contribution in [0.25, 0.3) is 0 Å². The minimum atomic E-state index is -0.730. The lowest BCUT2D eigenvalue weighted by molar-refractivity contribution is 0.162. The third-order valence-electron chi connectivity index (χ3n) is 2.74. The van der Waals surface area contributed by atoms with Gasteiger partial charge in [0.05, 0.1) is 17.5 Å². The van der Waals surface area contributed by atoms with Crippen LogP contribution in [0.15, 0.2) is 41.0 Å². The van der Waals surface area contributed by atoms with E-state index in [0.717, 1.165) is 11.3 Å². The van der Waals surface area contributed by atoms with Gasteiger partial charge in [0, 0.05) is 6.54 Å². The fourth-order valence-corrected chi connectivity index (χ4v) is 1.75. The smallest absolute Gasteiger partial charge is 0.134 e. The molecule has 4 nitrogen and oxygen atoms in total. The number of aliphatic hydroxyl groups excluding tert-OH is 1. The molecule has 0 saturated carbocycles. The Balaban J connectivity index is 2.07. The van der Waals surface area contributed by atoms with Crippen LogP contribution in [0.4, 0.5) is 5.69 Å². The summed E-state index contributed by atoms with van der Waals surface area (Å²) in [6, 6.07) is 11.2. The Kier molecular flexibility index (Phi) is 3.66. The minimum absolute atomic E-state index is 0.297. The normalized spacial score (nSPS) is 11.8. The molecule has 4 heteroatoms. The maximum Gasteiger partial charge on any atom is 0.134 e. The number of rotatable bonds is 4. The van der Waals surface area contributed by atoms with Gasteiger partial charge in [-0.2, -0.15) is 5.26 Å². The topological polar surface area (TPSA) is 69.2 Å². The van der Waals surface area contributed by atoms with E-state index in [-0.39, 0.29) is 0 Å². The van der Waals surface area contributed by atoms with Gasteiger partial charge in [0.15, 0.2) is 0 Å². The summed E-state index contributed by atoms with van der Waals surface area (Å²) in [5, 5.41) is 22.0. The summed E-state index contributed by atoms with van der Waals surface area (Å²) in [6.45, 7) is 2.18. The SMILES string of the molecule is Cc1cccc(NCC(O)c2ccco2)c1C#N. The van der Waals surface area contributed by atoms with E-state index in [2.05, 4.69) is 11.4 Å². The number of nitrogens with one attached hydrogen (secondary N) is 1. The number of benzene rings is 1. The largest absolute Gasteiger partial charge is 0.467 e. The molecule has 1 heterocycles. The number of furan rings is 1.